The van der Waals surface area contributed by atoms with E-state index in [0.29, 0.717) is 24.0 Å². The first-order chi connectivity index (χ1) is 9.65. The molecule has 0 aliphatic heterocycles. The summed E-state index contributed by atoms with van der Waals surface area (Å²) in [5.41, 5.74) is 1.45. The molecule has 0 atom stereocenters. The van der Waals surface area contributed by atoms with Crippen LogP contribution in [0.15, 0.2) is 35.1 Å². The van der Waals surface area contributed by atoms with Crippen molar-refractivity contribution in [3.05, 3.63) is 30.7 Å². The summed E-state index contributed by atoms with van der Waals surface area (Å²) in [6, 6.07) is 7.05. The first-order valence-corrected chi connectivity index (χ1v) is 6.56. The molecule has 2 aromatic rings. The highest BCUT2D eigenvalue weighted by Gasteiger charge is 2.06. The predicted molar refractivity (Wildman–Crippen MR) is 76.2 cm³/mol. The van der Waals surface area contributed by atoms with Gasteiger partial charge in [-0.1, -0.05) is 19.9 Å². The number of nitrogens with zero attached hydrogens (tertiary/aromatic N) is 2. The SMILES string of the molecule is CC(C)CCNC(=O)Nc1cccc(-c2nnco2)c1. The van der Waals surface area contributed by atoms with Gasteiger partial charge in [-0.2, -0.15) is 0 Å². The van der Waals surface area contributed by atoms with Crippen molar-refractivity contribution in [2.75, 3.05) is 11.9 Å². The lowest BCUT2D eigenvalue weighted by molar-refractivity contribution is 0.251. The maximum absolute atomic E-state index is 11.7. The topological polar surface area (TPSA) is 80.0 Å². The number of benzene rings is 1. The van der Waals surface area contributed by atoms with Gasteiger partial charge in [-0.3, -0.25) is 0 Å². The van der Waals surface area contributed by atoms with Crippen LogP contribution >= 0.6 is 0 Å². The van der Waals surface area contributed by atoms with Gasteiger partial charge in [-0.05, 0) is 30.5 Å². The summed E-state index contributed by atoms with van der Waals surface area (Å²) in [5.74, 6) is 0.991. The molecule has 20 heavy (non-hydrogen) atoms. The third-order valence-electron chi connectivity index (χ3n) is 2.73. The summed E-state index contributed by atoms with van der Waals surface area (Å²) in [6.07, 6.45) is 2.23. The second kappa shape index (κ2) is 6.70. The van der Waals surface area contributed by atoms with Gasteiger partial charge in [0.1, 0.15) is 0 Å². The second-order valence-electron chi connectivity index (χ2n) is 4.89. The molecule has 1 aromatic heterocycles. The lowest BCUT2D eigenvalue weighted by Crippen LogP contribution is -2.30. The van der Waals surface area contributed by atoms with Crippen molar-refractivity contribution < 1.29 is 9.21 Å². The summed E-state index contributed by atoms with van der Waals surface area (Å²) in [5, 5.41) is 13.1. The number of urea groups is 1. The number of carbonyl (C=O) groups excluding carboxylic acids is 1. The van der Waals surface area contributed by atoms with Crippen LogP contribution in [0.5, 0.6) is 0 Å². The molecule has 1 heterocycles. The molecule has 2 rings (SSSR count). The molecular formula is C14H18N4O2. The van der Waals surface area contributed by atoms with Gasteiger partial charge >= 0.3 is 6.03 Å². The van der Waals surface area contributed by atoms with Gasteiger partial charge in [-0.25, -0.2) is 4.79 Å². The fraction of sp³-hybridized carbons (Fsp3) is 0.357. The van der Waals surface area contributed by atoms with Crippen LogP contribution in [0.2, 0.25) is 0 Å². The fourth-order valence-electron chi connectivity index (χ4n) is 1.68. The summed E-state index contributed by atoms with van der Waals surface area (Å²) in [6.45, 7) is 4.90. The van der Waals surface area contributed by atoms with E-state index in [1.807, 2.05) is 18.2 Å². The lowest BCUT2D eigenvalue weighted by Gasteiger charge is -2.09. The molecule has 0 spiro atoms. The second-order valence-corrected chi connectivity index (χ2v) is 4.89. The predicted octanol–water partition coefficient (Wildman–Crippen LogP) is 2.90. The van der Waals surface area contributed by atoms with E-state index in [4.69, 9.17) is 4.42 Å². The van der Waals surface area contributed by atoms with Crippen LogP contribution < -0.4 is 10.6 Å². The van der Waals surface area contributed by atoms with Crippen molar-refractivity contribution in [3.8, 4) is 11.5 Å². The minimum absolute atomic E-state index is 0.215. The van der Waals surface area contributed by atoms with E-state index in [9.17, 15) is 4.79 Å². The van der Waals surface area contributed by atoms with Gasteiger partial charge in [0, 0.05) is 17.8 Å². The molecule has 0 fully saturated rings. The normalized spacial score (nSPS) is 10.6. The Bertz CT molecular complexity index is 552. The zero-order valence-corrected chi connectivity index (χ0v) is 11.6. The van der Waals surface area contributed by atoms with Crippen molar-refractivity contribution >= 4 is 11.7 Å². The number of hydrogen-bond donors (Lipinski definition) is 2. The average molecular weight is 274 g/mol. The summed E-state index contributed by atoms with van der Waals surface area (Å²) in [4.78, 5) is 11.7. The number of carbonyl (C=O) groups is 1. The van der Waals surface area contributed by atoms with Crippen molar-refractivity contribution in [3.63, 3.8) is 0 Å². The maximum atomic E-state index is 11.7. The van der Waals surface area contributed by atoms with Gasteiger partial charge in [0.2, 0.25) is 12.3 Å². The monoisotopic (exact) mass is 274 g/mol. The van der Waals surface area contributed by atoms with Gasteiger partial charge in [0.15, 0.2) is 0 Å². The molecule has 1 aromatic carbocycles. The molecule has 0 radical (unpaired) electrons. The minimum atomic E-state index is -0.215. The van der Waals surface area contributed by atoms with E-state index >= 15 is 0 Å². The van der Waals surface area contributed by atoms with E-state index in [1.54, 1.807) is 6.07 Å². The molecule has 0 aliphatic carbocycles. The van der Waals surface area contributed by atoms with Gasteiger partial charge in [0.25, 0.3) is 0 Å². The molecule has 106 valence electrons. The molecule has 0 bridgehead atoms. The van der Waals surface area contributed by atoms with Gasteiger partial charge in [0.05, 0.1) is 0 Å². The van der Waals surface area contributed by atoms with E-state index in [2.05, 4.69) is 34.7 Å². The molecule has 6 nitrogen and oxygen atoms in total. The van der Waals surface area contributed by atoms with E-state index in [0.717, 1.165) is 12.0 Å². The third kappa shape index (κ3) is 4.08. The first kappa shape index (κ1) is 14.0. The molecule has 0 aliphatic rings. The van der Waals surface area contributed by atoms with Crippen LogP contribution in [-0.2, 0) is 0 Å². The van der Waals surface area contributed by atoms with Crippen molar-refractivity contribution in [2.24, 2.45) is 5.92 Å². The Morgan fingerprint density at radius 1 is 1.40 bits per heavy atom. The largest absolute Gasteiger partial charge is 0.423 e. The van der Waals surface area contributed by atoms with Gasteiger partial charge < -0.3 is 15.1 Å². The smallest absolute Gasteiger partial charge is 0.319 e. The highest BCUT2D eigenvalue weighted by atomic mass is 16.4. The van der Waals surface area contributed by atoms with Crippen LogP contribution in [0.4, 0.5) is 10.5 Å². The van der Waals surface area contributed by atoms with E-state index in [1.165, 1.54) is 6.39 Å². The number of aromatic nitrogens is 2. The van der Waals surface area contributed by atoms with Crippen molar-refractivity contribution in [1.29, 1.82) is 0 Å². The fourth-order valence-corrected chi connectivity index (χ4v) is 1.68. The molecule has 6 heteroatoms. The summed E-state index contributed by atoms with van der Waals surface area (Å²) < 4.78 is 5.12. The lowest BCUT2D eigenvalue weighted by atomic mass is 10.1. The van der Waals surface area contributed by atoms with Crippen molar-refractivity contribution in [1.82, 2.24) is 15.5 Å². The Hall–Kier alpha value is -2.37. The standard InChI is InChI=1S/C14H18N4O2/c1-10(2)6-7-15-14(19)17-12-5-3-4-11(8-12)13-18-16-9-20-13/h3-5,8-10H,6-7H2,1-2H3,(H2,15,17,19). The number of amides is 2. The molecular weight excluding hydrogens is 256 g/mol. The van der Waals surface area contributed by atoms with E-state index < -0.39 is 0 Å². The Balaban J connectivity index is 1.93. The Kier molecular flexibility index (Phi) is 4.70. The Morgan fingerprint density at radius 3 is 2.95 bits per heavy atom. The van der Waals surface area contributed by atoms with Crippen LogP contribution in [0.1, 0.15) is 20.3 Å². The maximum Gasteiger partial charge on any atom is 0.319 e. The number of anilines is 1. The quantitative estimate of drug-likeness (QED) is 0.878. The minimum Gasteiger partial charge on any atom is -0.423 e. The van der Waals surface area contributed by atoms with Crippen molar-refractivity contribution in [2.45, 2.75) is 20.3 Å². The highest BCUT2D eigenvalue weighted by Crippen LogP contribution is 2.20. The zero-order chi connectivity index (χ0) is 14.4. The molecule has 0 saturated carbocycles. The number of hydrogen-bond acceptors (Lipinski definition) is 4. The average Bonchev–Trinajstić information content (AvgIpc) is 2.92. The number of nitrogens with one attached hydrogen (secondary N) is 2. The van der Waals surface area contributed by atoms with Crippen LogP contribution in [0.25, 0.3) is 11.5 Å². The zero-order valence-electron chi connectivity index (χ0n) is 11.6. The molecule has 2 N–H and O–H groups in total. The Labute approximate surface area is 117 Å². The summed E-state index contributed by atoms with van der Waals surface area (Å²) >= 11 is 0. The van der Waals surface area contributed by atoms with Gasteiger partial charge in [-0.15, -0.1) is 10.2 Å². The molecule has 0 unspecified atom stereocenters. The molecule has 0 saturated heterocycles. The highest BCUT2D eigenvalue weighted by molar-refractivity contribution is 5.89. The summed E-state index contributed by atoms with van der Waals surface area (Å²) in [7, 11) is 0. The third-order valence-corrected chi connectivity index (χ3v) is 2.73. The van der Waals surface area contributed by atoms with E-state index in [-0.39, 0.29) is 6.03 Å². The Morgan fingerprint density at radius 2 is 2.25 bits per heavy atom. The van der Waals surface area contributed by atoms with Crippen LogP contribution in [0, 0.1) is 5.92 Å². The van der Waals surface area contributed by atoms with Crippen LogP contribution in [-0.4, -0.2) is 22.8 Å². The number of rotatable bonds is 5. The molecule has 2 amide bonds. The van der Waals surface area contributed by atoms with Crippen LogP contribution in [0.3, 0.4) is 0 Å². The first-order valence-electron chi connectivity index (χ1n) is 6.56.